The van der Waals surface area contributed by atoms with Gasteiger partial charge in [0.2, 0.25) is 5.91 Å². The van der Waals surface area contributed by atoms with Crippen LogP contribution in [-0.4, -0.2) is 24.5 Å². The first-order valence-electron chi connectivity index (χ1n) is 8.56. The van der Waals surface area contributed by atoms with Gasteiger partial charge in [-0.15, -0.1) is 0 Å². The number of rotatable bonds is 8. The molecule has 0 aromatic rings. The highest BCUT2D eigenvalue weighted by Gasteiger charge is 2.19. The van der Waals surface area contributed by atoms with E-state index in [-0.39, 0.29) is 18.0 Å². The summed E-state index contributed by atoms with van der Waals surface area (Å²) in [5.41, 5.74) is 0. The summed E-state index contributed by atoms with van der Waals surface area (Å²) >= 11 is 0. The van der Waals surface area contributed by atoms with Crippen LogP contribution in [0.5, 0.6) is 0 Å². The van der Waals surface area contributed by atoms with Gasteiger partial charge in [-0.1, -0.05) is 46.0 Å². The summed E-state index contributed by atoms with van der Waals surface area (Å²) in [6.07, 6.45) is 8.90. The minimum absolute atomic E-state index is 0.0724. The topological polar surface area (TPSA) is 41.1 Å². The van der Waals surface area contributed by atoms with E-state index in [9.17, 15) is 4.79 Å². The first kappa shape index (κ1) is 17.5. The molecule has 3 nitrogen and oxygen atoms in total. The molecule has 1 aliphatic rings. The van der Waals surface area contributed by atoms with Gasteiger partial charge in [-0.3, -0.25) is 4.79 Å². The van der Waals surface area contributed by atoms with Crippen LogP contribution in [0.25, 0.3) is 0 Å². The van der Waals surface area contributed by atoms with Crippen molar-refractivity contribution < 1.29 is 4.79 Å². The predicted molar refractivity (Wildman–Crippen MR) is 85.7 cm³/mol. The number of nitrogens with one attached hydrogen (secondary N) is 2. The van der Waals surface area contributed by atoms with Gasteiger partial charge in [0.1, 0.15) is 0 Å². The van der Waals surface area contributed by atoms with Crippen LogP contribution in [0, 0.1) is 11.8 Å². The fraction of sp³-hybridized carbons (Fsp3) is 0.941. The first-order valence-corrected chi connectivity index (χ1v) is 8.56. The normalized spacial score (nSPS) is 26.0. The summed E-state index contributed by atoms with van der Waals surface area (Å²) in [5.74, 6) is 1.93. The molecule has 1 saturated carbocycles. The van der Waals surface area contributed by atoms with Crippen molar-refractivity contribution in [1.29, 1.82) is 0 Å². The highest BCUT2D eigenvalue weighted by molar-refractivity contribution is 5.81. The molecule has 0 heterocycles. The van der Waals surface area contributed by atoms with Crippen LogP contribution < -0.4 is 10.6 Å². The molecule has 2 unspecified atom stereocenters. The molecule has 0 aromatic heterocycles. The zero-order valence-electron chi connectivity index (χ0n) is 13.9. The Morgan fingerprint density at radius 3 is 2.45 bits per heavy atom. The summed E-state index contributed by atoms with van der Waals surface area (Å²) in [5, 5.41) is 6.45. The molecule has 20 heavy (non-hydrogen) atoms. The molecule has 0 saturated heterocycles. The van der Waals surface area contributed by atoms with E-state index in [1.165, 1.54) is 32.1 Å². The molecular weight excluding hydrogens is 248 g/mol. The summed E-state index contributed by atoms with van der Waals surface area (Å²) in [6, 6.07) is 0.216. The Morgan fingerprint density at radius 2 is 1.85 bits per heavy atom. The quantitative estimate of drug-likeness (QED) is 0.715. The molecular formula is C17H34N2O. The third kappa shape index (κ3) is 6.74. The Hall–Kier alpha value is -0.570. The van der Waals surface area contributed by atoms with Crippen LogP contribution in [0.2, 0.25) is 0 Å². The molecule has 1 amide bonds. The Kier molecular flexibility index (Phi) is 8.20. The minimum Gasteiger partial charge on any atom is -0.352 e. The van der Waals surface area contributed by atoms with Crippen molar-refractivity contribution in [2.75, 3.05) is 6.54 Å². The standard InChI is InChI=1S/C17H34N2O/c1-5-6-14(3)19-17(20)15(4)18-12-11-16-9-7-13(2)8-10-16/h13-16,18H,5-12H2,1-4H3,(H,19,20). The zero-order valence-corrected chi connectivity index (χ0v) is 13.9. The Bertz CT molecular complexity index is 272. The number of amides is 1. The third-order valence-electron chi connectivity index (χ3n) is 4.64. The molecule has 0 aliphatic heterocycles. The van der Waals surface area contributed by atoms with Gasteiger partial charge in [0.05, 0.1) is 6.04 Å². The van der Waals surface area contributed by atoms with Gasteiger partial charge in [-0.2, -0.15) is 0 Å². The van der Waals surface area contributed by atoms with E-state index in [2.05, 4.69) is 31.4 Å². The molecule has 1 rings (SSSR count). The molecule has 118 valence electrons. The fourth-order valence-corrected chi connectivity index (χ4v) is 3.09. The maximum absolute atomic E-state index is 12.0. The highest BCUT2D eigenvalue weighted by atomic mass is 16.2. The second-order valence-corrected chi connectivity index (χ2v) is 6.79. The lowest BCUT2D eigenvalue weighted by molar-refractivity contribution is -0.123. The van der Waals surface area contributed by atoms with Gasteiger partial charge in [-0.05, 0) is 45.1 Å². The van der Waals surface area contributed by atoms with E-state index in [0.717, 1.165) is 31.2 Å². The molecule has 2 N–H and O–H groups in total. The van der Waals surface area contributed by atoms with E-state index >= 15 is 0 Å². The average molecular weight is 282 g/mol. The number of hydrogen-bond acceptors (Lipinski definition) is 2. The molecule has 0 bridgehead atoms. The van der Waals surface area contributed by atoms with E-state index in [1.807, 2.05) is 6.92 Å². The van der Waals surface area contributed by atoms with Gasteiger partial charge in [-0.25, -0.2) is 0 Å². The monoisotopic (exact) mass is 282 g/mol. The minimum atomic E-state index is -0.0724. The maximum Gasteiger partial charge on any atom is 0.237 e. The molecule has 1 fully saturated rings. The smallest absolute Gasteiger partial charge is 0.237 e. The largest absolute Gasteiger partial charge is 0.352 e. The predicted octanol–water partition coefficient (Wildman–Crippen LogP) is 3.49. The van der Waals surface area contributed by atoms with E-state index in [1.54, 1.807) is 0 Å². The van der Waals surface area contributed by atoms with Crippen LogP contribution >= 0.6 is 0 Å². The highest BCUT2D eigenvalue weighted by Crippen LogP contribution is 2.29. The average Bonchev–Trinajstić information content (AvgIpc) is 2.41. The molecule has 0 spiro atoms. The zero-order chi connectivity index (χ0) is 15.0. The SMILES string of the molecule is CCCC(C)NC(=O)C(C)NCCC1CCC(C)CC1. The first-order chi connectivity index (χ1) is 9.52. The molecule has 1 aliphatic carbocycles. The van der Waals surface area contributed by atoms with Crippen molar-refractivity contribution in [3.05, 3.63) is 0 Å². The van der Waals surface area contributed by atoms with Crippen molar-refractivity contribution in [2.24, 2.45) is 11.8 Å². The van der Waals surface area contributed by atoms with Gasteiger partial charge in [0.15, 0.2) is 0 Å². The van der Waals surface area contributed by atoms with Gasteiger partial charge < -0.3 is 10.6 Å². The lowest BCUT2D eigenvalue weighted by Crippen LogP contribution is -2.45. The Balaban J connectivity index is 2.12. The van der Waals surface area contributed by atoms with Gasteiger partial charge >= 0.3 is 0 Å². The molecule has 2 atom stereocenters. The number of carbonyl (C=O) groups is 1. The van der Waals surface area contributed by atoms with E-state index in [0.29, 0.717) is 0 Å². The summed E-state index contributed by atoms with van der Waals surface area (Å²) in [4.78, 5) is 12.0. The molecule has 0 radical (unpaired) electrons. The second-order valence-electron chi connectivity index (χ2n) is 6.79. The second kappa shape index (κ2) is 9.38. The molecule has 0 aromatic carbocycles. The van der Waals surface area contributed by atoms with E-state index in [4.69, 9.17) is 0 Å². The van der Waals surface area contributed by atoms with Crippen LogP contribution in [0.1, 0.15) is 72.6 Å². The van der Waals surface area contributed by atoms with Crippen LogP contribution in [0.4, 0.5) is 0 Å². The maximum atomic E-state index is 12.0. The fourth-order valence-electron chi connectivity index (χ4n) is 3.09. The van der Waals surface area contributed by atoms with Crippen molar-refractivity contribution >= 4 is 5.91 Å². The Morgan fingerprint density at radius 1 is 1.20 bits per heavy atom. The number of hydrogen-bond donors (Lipinski definition) is 2. The third-order valence-corrected chi connectivity index (χ3v) is 4.64. The summed E-state index contributed by atoms with van der Waals surface area (Å²) in [6.45, 7) is 9.53. The number of carbonyl (C=O) groups excluding carboxylic acids is 1. The summed E-state index contributed by atoms with van der Waals surface area (Å²) < 4.78 is 0. The Labute approximate surface area is 125 Å². The van der Waals surface area contributed by atoms with Crippen molar-refractivity contribution in [1.82, 2.24) is 10.6 Å². The van der Waals surface area contributed by atoms with Gasteiger partial charge in [0.25, 0.3) is 0 Å². The summed E-state index contributed by atoms with van der Waals surface area (Å²) in [7, 11) is 0. The van der Waals surface area contributed by atoms with Crippen LogP contribution in [0.15, 0.2) is 0 Å². The van der Waals surface area contributed by atoms with Crippen molar-refractivity contribution in [3.63, 3.8) is 0 Å². The van der Waals surface area contributed by atoms with Crippen LogP contribution in [0.3, 0.4) is 0 Å². The van der Waals surface area contributed by atoms with Crippen molar-refractivity contribution in [2.45, 2.75) is 84.7 Å². The van der Waals surface area contributed by atoms with E-state index < -0.39 is 0 Å². The van der Waals surface area contributed by atoms with Crippen LogP contribution in [-0.2, 0) is 4.79 Å². The lowest BCUT2D eigenvalue weighted by atomic mass is 9.81. The van der Waals surface area contributed by atoms with Gasteiger partial charge in [0, 0.05) is 6.04 Å². The van der Waals surface area contributed by atoms with Crippen molar-refractivity contribution in [3.8, 4) is 0 Å². The molecule has 3 heteroatoms. The lowest BCUT2D eigenvalue weighted by Gasteiger charge is -2.26.